The van der Waals surface area contributed by atoms with Crippen molar-refractivity contribution in [3.8, 4) is 17.2 Å². The van der Waals surface area contributed by atoms with Crippen LogP contribution in [0.5, 0.6) is 17.2 Å². The van der Waals surface area contributed by atoms with E-state index in [9.17, 15) is 9.18 Å². The summed E-state index contributed by atoms with van der Waals surface area (Å²) < 4.78 is 31.2. The van der Waals surface area contributed by atoms with Crippen LogP contribution >= 0.6 is 0 Å². The molecular weight excluding hydrogens is 413 g/mol. The van der Waals surface area contributed by atoms with Crippen molar-refractivity contribution in [3.05, 3.63) is 53.3 Å². The van der Waals surface area contributed by atoms with Gasteiger partial charge in [0.1, 0.15) is 18.2 Å². The van der Waals surface area contributed by atoms with Gasteiger partial charge in [-0.05, 0) is 64.2 Å². The van der Waals surface area contributed by atoms with Crippen LogP contribution in [0.25, 0.3) is 0 Å². The van der Waals surface area contributed by atoms with Crippen molar-refractivity contribution in [2.75, 3.05) is 47.5 Å². The summed E-state index contributed by atoms with van der Waals surface area (Å²) in [6, 6.07) is 9.86. The number of rotatable bonds is 9. The first-order valence-electron chi connectivity index (χ1n) is 10.7. The van der Waals surface area contributed by atoms with E-state index in [4.69, 9.17) is 14.2 Å². The van der Waals surface area contributed by atoms with Crippen molar-refractivity contribution in [1.29, 1.82) is 0 Å². The van der Waals surface area contributed by atoms with Gasteiger partial charge < -0.3 is 19.1 Å². The minimum Gasteiger partial charge on any atom is -0.493 e. The lowest BCUT2D eigenvalue weighted by Gasteiger charge is -2.24. The van der Waals surface area contributed by atoms with E-state index < -0.39 is 11.7 Å². The standard InChI is InChI=1S/C24H30FN3O4/c1-5-31-23-15-17(8-11-22(23)30-4)21-7-6-12-28(26-21)24(29)19-10-9-18(16-20(19)25)32-14-13-27(2)3/h8-11,15-16H,5-7,12-14H2,1-4H3. The second-order valence-electron chi connectivity index (χ2n) is 7.67. The Labute approximate surface area is 188 Å². The van der Waals surface area contributed by atoms with E-state index in [2.05, 4.69) is 5.10 Å². The molecule has 0 N–H and O–H groups in total. The SMILES string of the molecule is CCOc1cc(C2=NN(C(=O)c3ccc(OCCN(C)C)cc3F)CCC2)ccc1OC. The second kappa shape index (κ2) is 10.9. The molecule has 1 heterocycles. The lowest BCUT2D eigenvalue weighted by Crippen LogP contribution is -2.32. The van der Waals surface area contributed by atoms with Crippen molar-refractivity contribution in [1.82, 2.24) is 9.91 Å². The van der Waals surface area contributed by atoms with Crippen molar-refractivity contribution in [2.45, 2.75) is 19.8 Å². The largest absolute Gasteiger partial charge is 0.493 e. The Bertz CT molecular complexity index is 978. The molecule has 2 aromatic carbocycles. The summed E-state index contributed by atoms with van der Waals surface area (Å²) in [4.78, 5) is 14.9. The first-order chi connectivity index (χ1) is 15.4. The van der Waals surface area contributed by atoms with E-state index in [-0.39, 0.29) is 5.56 Å². The summed E-state index contributed by atoms with van der Waals surface area (Å²) in [5.74, 6) is 0.552. The molecule has 0 radical (unpaired) electrons. The lowest BCUT2D eigenvalue weighted by molar-refractivity contribution is 0.0747. The number of amides is 1. The van der Waals surface area contributed by atoms with Crippen molar-refractivity contribution in [2.24, 2.45) is 5.10 Å². The fourth-order valence-electron chi connectivity index (χ4n) is 3.36. The maximum Gasteiger partial charge on any atom is 0.276 e. The number of halogens is 1. The third kappa shape index (κ3) is 5.76. The summed E-state index contributed by atoms with van der Waals surface area (Å²) in [5.41, 5.74) is 1.56. The first-order valence-corrected chi connectivity index (χ1v) is 10.7. The number of methoxy groups -OCH3 is 1. The number of hydrazone groups is 1. The van der Waals surface area contributed by atoms with Gasteiger partial charge in [0, 0.05) is 24.7 Å². The average molecular weight is 444 g/mol. The normalized spacial score (nSPS) is 13.7. The van der Waals surface area contributed by atoms with Gasteiger partial charge in [0.2, 0.25) is 0 Å². The molecule has 7 nitrogen and oxygen atoms in total. The van der Waals surface area contributed by atoms with E-state index in [1.165, 1.54) is 17.1 Å². The van der Waals surface area contributed by atoms with Crippen LogP contribution in [0.15, 0.2) is 41.5 Å². The van der Waals surface area contributed by atoms with E-state index in [0.29, 0.717) is 50.0 Å². The lowest BCUT2D eigenvalue weighted by atomic mass is 10.0. The van der Waals surface area contributed by atoms with Crippen LogP contribution in [0.2, 0.25) is 0 Å². The van der Waals surface area contributed by atoms with E-state index in [0.717, 1.165) is 17.7 Å². The van der Waals surface area contributed by atoms with Gasteiger partial charge >= 0.3 is 0 Å². The molecule has 8 heteroatoms. The Morgan fingerprint density at radius 2 is 1.97 bits per heavy atom. The average Bonchev–Trinajstić information content (AvgIpc) is 2.79. The van der Waals surface area contributed by atoms with Gasteiger partial charge in [0.15, 0.2) is 11.5 Å². The predicted octanol–water partition coefficient (Wildman–Crippen LogP) is 3.81. The topological polar surface area (TPSA) is 63.6 Å². The highest BCUT2D eigenvalue weighted by Crippen LogP contribution is 2.30. The van der Waals surface area contributed by atoms with Gasteiger partial charge in [-0.1, -0.05) is 0 Å². The summed E-state index contributed by atoms with van der Waals surface area (Å²) in [5, 5.41) is 5.85. The molecule has 0 bridgehead atoms. The molecule has 0 saturated carbocycles. The first kappa shape index (κ1) is 23.5. The van der Waals surface area contributed by atoms with Gasteiger partial charge in [-0.25, -0.2) is 9.40 Å². The van der Waals surface area contributed by atoms with Crippen LogP contribution in [-0.2, 0) is 0 Å². The van der Waals surface area contributed by atoms with Gasteiger partial charge in [-0.2, -0.15) is 5.10 Å². The molecule has 1 aliphatic heterocycles. The quantitative estimate of drug-likeness (QED) is 0.590. The number of hydrogen-bond donors (Lipinski definition) is 0. The number of likely N-dealkylation sites (N-methyl/N-ethyl adjacent to an activating group) is 1. The Hall–Kier alpha value is -3.13. The zero-order chi connectivity index (χ0) is 23.1. The Morgan fingerprint density at radius 3 is 2.66 bits per heavy atom. The van der Waals surface area contributed by atoms with E-state index in [1.807, 2.05) is 44.1 Å². The Morgan fingerprint density at radius 1 is 1.16 bits per heavy atom. The summed E-state index contributed by atoms with van der Waals surface area (Å²) in [6.45, 7) is 3.98. The summed E-state index contributed by atoms with van der Waals surface area (Å²) in [6.07, 6.45) is 1.44. The fraction of sp³-hybridized carbons (Fsp3) is 0.417. The molecule has 0 saturated heterocycles. The molecule has 0 atom stereocenters. The van der Waals surface area contributed by atoms with E-state index >= 15 is 0 Å². The molecule has 2 aromatic rings. The second-order valence-corrected chi connectivity index (χ2v) is 7.67. The minimum absolute atomic E-state index is 0.0281. The van der Waals surface area contributed by atoms with Gasteiger partial charge in [0.25, 0.3) is 5.91 Å². The highest BCUT2D eigenvalue weighted by Gasteiger charge is 2.24. The minimum atomic E-state index is -0.622. The summed E-state index contributed by atoms with van der Waals surface area (Å²) in [7, 11) is 5.45. The van der Waals surface area contributed by atoms with Gasteiger partial charge in [0.05, 0.1) is 25.0 Å². The highest BCUT2D eigenvalue weighted by atomic mass is 19.1. The monoisotopic (exact) mass is 443 g/mol. The molecule has 1 aliphatic rings. The molecule has 0 aliphatic carbocycles. The van der Waals surface area contributed by atoms with Crippen LogP contribution in [-0.4, -0.2) is 69.0 Å². The van der Waals surface area contributed by atoms with Crippen LogP contribution in [0, 0.1) is 5.82 Å². The Kier molecular flexibility index (Phi) is 8.05. The van der Waals surface area contributed by atoms with Gasteiger partial charge in [-0.3, -0.25) is 4.79 Å². The number of benzene rings is 2. The van der Waals surface area contributed by atoms with Crippen LogP contribution in [0.4, 0.5) is 4.39 Å². The van der Waals surface area contributed by atoms with Crippen LogP contribution in [0.1, 0.15) is 35.7 Å². The van der Waals surface area contributed by atoms with Crippen molar-refractivity contribution in [3.63, 3.8) is 0 Å². The zero-order valence-corrected chi connectivity index (χ0v) is 19.1. The highest BCUT2D eigenvalue weighted by molar-refractivity contribution is 6.03. The van der Waals surface area contributed by atoms with Crippen molar-refractivity contribution >= 4 is 11.6 Å². The molecular formula is C24H30FN3O4. The number of carbonyl (C=O) groups is 1. The summed E-state index contributed by atoms with van der Waals surface area (Å²) >= 11 is 0. The predicted molar refractivity (Wildman–Crippen MR) is 121 cm³/mol. The molecule has 172 valence electrons. The van der Waals surface area contributed by atoms with Crippen LogP contribution < -0.4 is 14.2 Å². The molecule has 0 unspecified atom stereocenters. The molecule has 1 amide bonds. The number of hydrogen-bond acceptors (Lipinski definition) is 6. The molecule has 0 fully saturated rings. The maximum absolute atomic E-state index is 14.7. The van der Waals surface area contributed by atoms with E-state index in [1.54, 1.807) is 13.2 Å². The smallest absolute Gasteiger partial charge is 0.276 e. The molecule has 3 rings (SSSR count). The van der Waals surface area contributed by atoms with Gasteiger partial charge in [-0.15, -0.1) is 0 Å². The van der Waals surface area contributed by atoms with Crippen molar-refractivity contribution < 1.29 is 23.4 Å². The zero-order valence-electron chi connectivity index (χ0n) is 19.1. The molecule has 0 spiro atoms. The Balaban J connectivity index is 1.77. The molecule has 0 aromatic heterocycles. The number of nitrogens with zero attached hydrogens (tertiary/aromatic N) is 3. The maximum atomic E-state index is 14.7. The molecule has 32 heavy (non-hydrogen) atoms. The number of carbonyl (C=O) groups excluding carboxylic acids is 1. The number of ether oxygens (including phenoxy) is 3. The third-order valence-electron chi connectivity index (χ3n) is 5.03. The van der Waals surface area contributed by atoms with Crippen LogP contribution in [0.3, 0.4) is 0 Å². The third-order valence-corrected chi connectivity index (χ3v) is 5.03. The fourth-order valence-corrected chi connectivity index (χ4v) is 3.36.